The fourth-order valence-electron chi connectivity index (χ4n) is 3.76. The summed E-state index contributed by atoms with van der Waals surface area (Å²) in [6, 6.07) is 20.0. The molecule has 0 radical (unpaired) electrons. The van der Waals surface area contributed by atoms with Gasteiger partial charge in [-0.1, -0.05) is 43.0 Å². The molecular formula is C28H23FN2O5. The third kappa shape index (κ3) is 5.15. The average Bonchev–Trinajstić information content (AvgIpc) is 2.88. The molecule has 8 heteroatoms. The molecule has 1 aliphatic rings. The van der Waals surface area contributed by atoms with E-state index in [0.717, 1.165) is 5.56 Å². The summed E-state index contributed by atoms with van der Waals surface area (Å²) in [5.41, 5.74) is 7.77. The standard InChI is InChI=1S/C28H23FN2O5/c1-3-13-33-19-8-6-7-18(14-19)26-21-12-11-20(15-25(21)36-27(31)22(26)16-30)35-28(32)17(2)34-24-10-5-4-9-23(24)29/h3-12,14-15,17,26H,1,13,31H2,2H3. The van der Waals surface area contributed by atoms with Crippen LogP contribution in [-0.4, -0.2) is 18.7 Å². The van der Waals surface area contributed by atoms with Gasteiger partial charge in [0.2, 0.25) is 5.88 Å². The van der Waals surface area contributed by atoms with Crippen molar-refractivity contribution >= 4 is 5.97 Å². The van der Waals surface area contributed by atoms with Crippen molar-refractivity contribution in [3.63, 3.8) is 0 Å². The molecule has 0 fully saturated rings. The van der Waals surface area contributed by atoms with Crippen LogP contribution in [-0.2, 0) is 4.79 Å². The molecule has 36 heavy (non-hydrogen) atoms. The van der Waals surface area contributed by atoms with Crippen molar-refractivity contribution in [3.8, 4) is 29.1 Å². The number of halogens is 1. The first-order chi connectivity index (χ1) is 17.4. The van der Waals surface area contributed by atoms with Gasteiger partial charge in [0.1, 0.15) is 35.5 Å². The van der Waals surface area contributed by atoms with Crippen LogP contribution in [0.1, 0.15) is 24.0 Å². The summed E-state index contributed by atoms with van der Waals surface area (Å²) in [6.45, 7) is 5.45. The van der Waals surface area contributed by atoms with E-state index in [9.17, 15) is 14.4 Å². The highest BCUT2D eigenvalue weighted by Crippen LogP contribution is 2.44. The zero-order valence-corrected chi connectivity index (χ0v) is 19.4. The second-order valence-corrected chi connectivity index (χ2v) is 7.91. The smallest absolute Gasteiger partial charge is 0.352 e. The van der Waals surface area contributed by atoms with Crippen molar-refractivity contribution in [1.82, 2.24) is 0 Å². The number of carbonyl (C=O) groups is 1. The molecule has 1 heterocycles. The molecule has 0 aliphatic carbocycles. The molecule has 3 aromatic rings. The van der Waals surface area contributed by atoms with E-state index >= 15 is 0 Å². The SMILES string of the molecule is C=CCOc1cccc(C2C(C#N)=C(N)Oc3cc(OC(=O)C(C)Oc4ccccc4F)ccc32)c1. The lowest BCUT2D eigenvalue weighted by atomic mass is 9.83. The average molecular weight is 486 g/mol. The predicted octanol–water partition coefficient (Wildman–Crippen LogP) is 4.98. The number of hydrogen-bond acceptors (Lipinski definition) is 7. The molecule has 3 aromatic carbocycles. The Kier molecular flexibility index (Phi) is 7.21. The summed E-state index contributed by atoms with van der Waals surface area (Å²) in [6.07, 6.45) is 0.570. The zero-order valence-electron chi connectivity index (χ0n) is 19.4. The number of rotatable bonds is 8. The summed E-state index contributed by atoms with van der Waals surface area (Å²) in [4.78, 5) is 12.6. The Balaban J connectivity index is 1.59. The highest BCUT2D eigenvalue weighted by molar-refractivity contribution is 5.77. The molecule has 0 amide bonds. The lowest BCUT2D eigenvalue weighted by molar-refractivity contribution is -0.141. The van der Waals surface area contributed by atoms with Crippen LogP contribution in [0.2, 0.25) is 0 Å². The van der Waals surface area contributed by atoms with Crippen LogP contribution in [0.15, 0.2) is 90.8 Å². The Bertz CT molecular complexity index is 1380. The van der Waals surface area contributed by atoms with Crippen LogP contribution >= 0.6 is 0 Å². The van der Waals surface area contributed by atoms with E-state index in [1.807, 2.05) is 18.2 Å². The van der Waals surface area contributed by atoms with Crippen LogP contribution in [0, 0.1) is 17.1 Å². The molecule has 182 valence electrons. The largest absolute Gasteiger partial charge is 0.490 e. The van der Waals surface area contributed by atoms with Gasteiger partial charge in [-0.3, -0.25) is 0 Å². The number of hydrogen-bond donors (Lipinski definition) is 1. The lowest BCUT2D eigenvalue weighted by Gasteiger charge is -2.27. The molecule has 7 nitrogen and oxygen atoms in total. The Morgan fingerprint density at radius 1 is 1.19 bits per heavy atom. The molecule has 2 unspecified atom stereocenters. The number of carbonyl (C=O) groups excluding carboxylic acids is 1. The first-order valence-corrected chi connectivity index (χ1v) is 11.1. The second kappa shape index (κ2) is 10.7. The minimum atomic E-state index is -1.07. The van der Waals surface area contributed by atoms with Crippen molar-refractivity contribution in [3.05, 3.63) is 108 Å². The normalized spacial score (nSPS) is 15.1. The molecule has 0 spiro atoms. The number of para-hydroxylation sites is 1. The maximum Gasteiger partial charge on any atom is 0.352 e. The van der Waals surface area contributed by atoms with Crippen LogP contribution in [0.4, 0.5) is 4.39 Å². The number of benzene rings is 3. The maximum atomic E-state index is 13.8. The van der Waals surface area contributed by atoms with Gasteiger partial charge in [0.05, 0.1) is 5.92 Å². The number of esters is 1. The van der Waals surface area contributed by atoms with E-state index in [1.54, 1.807) is 30.3 Å². The highest BCUT2D eigenvalue weighted by atomic mass is 19.1. The summed E-state index contributed by atoms with van der Waals surface area (Å²) < 4.78 is 36.0. The number of allylic oxidation sites excluding steroid dienone is 1. The number of nitriles is 1. The number of nitrogens with zero attached hydrogens (tertiary/aromatic N) is 1. The fraction of sp³-hybridized carbons (Fsp3) is 0.143. The van der Waals surface area contributed by atoms with Gasteiger partial charge in [-0.25, -0.2) is 9.18 Å². The van der Waals surface area contributed by atoms with E-state index in [1.165, 1.54) is 31.2 Å². The van der Waals surface area contributed by atoms with Crippen molar-refractivity contribution < 1.29 is 28.1 Å². The minimum Gasteiger partial charge on any atom is -0.490 e. The Morgan fingerprint density at radius 3 is 2.75 bits per heavy atom. The van der Waals surface area contributed by atoms with E-state index in [-0.39, 0.29) is 23.0 Å². The quantitative estimate of drug-likeness (QED) is 0.272. The van der Waals surface area contributed by atoms with Crippen molar-refractivity contribution in [2.24, 2.45) is 5.73 Å². The van der Waals surface area contributed by atoms with Crippen LogP contribution in [0.5, 0.6) is 23.0 Å². The van der Waals surface area contributed by atoms with Gasteiger partial charge in [0.15, 0.2) is 17.7 Å². The molecule has 1 aliphatic heterocycles. The van der Waals surface area contributed by atoms with Crippen molar-refractivity contribution in [2.75, 3.05) is 6.61 Å². The molecule has 0 bridgehead atoms. The number of nitrogens with two attached hydrogens (primary N) is 1. The third-order valence-corrected chi connectivity index (χ3v) is 5.44. The monoisotopic (exact) mass is 486 g/mol. The number of ether oxygens (including phenoxy) is 4. The summed E-state index contributed by atoms with van der Waals surface area (Å²) in [5, 5.41) is 9.78. The molecule has 0 saturated carbocycles. The minimum absolute atomic E-state index is 0.0489. The van der Waals surface area contributed by atoms with Crippen LogP contribution in [0.25, 0.3) is 0 Å². The van der Waals surface area contributed by atoms with E-state index in [2.05, 4.69) is 12.6 Å². The van der Waals surface area contributed by atoms with Gasteiger partial charge in [-0.05, 0) is 42.8 Å². The van der Waals surface area contributed by atoms with Gasteiger partial charge in [0.25, 0.3) is 0 Å². The van der Waals surface area contributed by atoms with Gasteiger partial charge in [0, 0.05) is 11.6 Å². The molecule has 4 rings (SSSR count). The van der Waals surface area contributed by atoms with Crippen LogP contribution in [0.3, 0.4) is 0 Å². The Hall–Kier alpha value is -4.77. The first kappa shape index (κ1) is 24.4. The van der Waals surface area contributed by atoms with Crippen molar-refractivity contribution in [1.29, 1.82) is 5.26 Å². The maximum absolute atomic E-state index is 13.8. The molecule has 2 N–H and O–H groups in total. The summed E-state index contributed by atoms with van der Waals surface area (Å²) in [5.74, 6) is -0.796. The third-order valence-electron chi connectivity index (χ3n) is 5.44. The second-order valence-electron chi connectivity index (χ2n) is 7.91. The first-order valence-electron chi connectivity index (χ1n) is 11.1. The van der Waals surface area contributed by atoms with Gasteiger partial charge < -0.3 is 24.7 Å². The summed E-state index contributed by atoms with van der Waals surface area (Å²) >= 11 is 0. The topological polar surface area (TPSA) is 104 Å². The highest BCUT2D eigenvalue weighted by Gasteiger charge is 2.31. The predicted molar refractivity (Wildman–Crippen MR) is 130 cm³/mol. The fourth-order valence-corrected chi connectivity index (χ4v) is 3.76. The zero-order chi connectivity index (χ0) is 25.7. The van der Waals surface area contributed by atoms with Gasteiger partial charge >= 0.3 is 5.97 Å². The van der Waals surface area contributed by atoms with Gasteiger partial charge in [-0.15, -0.1) is 0 Å². The Labute approximate surface area is 207 Å². The van der Waals surface area contributed by atoms with Crippen LogP contribution < -0.4 is 24.7 Å². The van der Waals surface area contributed by atoms with Crippen molar-refractivity contribution in [2.45, 2.75) is 18.9 Å². The number of fused-ring (bicyclic) bond motifs is 1. The van der Waals surface area contributed by atoms with Gasteiger partial charge in [-0.2, -0.15) is 5.26 Å². The molecule has 0 aromatic heterocycles. The molecule has 2 atom stereocenters. The molecular weight excluding hydrogens is 463 g/mol. The lowest BCUT2D eigenvalue weighted by Crippen LogP contribution is -2.29. The Morgan fingerprint density at radius 2 is 2.00 bits per heavy atom. The molecule has 0 saturated heterocycles. The van der Waals surface area contributed by atoms with E-state index < -0.39 is 23.8 Å². The van der Waals surface area contributed by atoms with E-state index in [0.29, 0.717) is 23.7 Å². The summed E-state index contributed by atoms with van der Waals surface area (Å²) in [7, 11) is 0. The van der Waals surface area contributed by atoms with E-state index in [4.69, 9.17) is 24.7 Å².